The summed E-state index contributed by atoms with van der Waals surface area (Å²) in [7, 11) is 0. The number of aryl methyl sites for hydroxylation is 1. The highest BCUT2D eigenvalue weighted by atomic mass is 32.2. The van der Waals surface area contributed by atoms with Crippen LogP contribution in [0, 0.1) is 11.7 Å². The lowest BCUT2D eigenvalue weighted by Crippen LogP contribution is -2.23. The van der Waals surface area contributed by atoms with Crippen LogP contribution in [-0.4, -0.2) is 42.4 Å². The van der Waals surface area contributed by atoms with Crippen LogP contribution in [0.25, 0.3) is 22.3 Å². The summed E-state index contributed by atoms with van der Waals surface area (Å²) in [5.41, 5.74) is 4.96. The molecule has 1 aliphatic rings. The SMILES string of the molecule is CCC[C@H]1CC(Cn2ccc3nc(-c4cn[nH]c4)ccc32)CN1SCCc1ccccc1F. The van der Waals surface area contributed by atoms with Gasteiger partial charge < -0.3 is 4.57 Å². The minimum absolute atomic E-state index is 0.0912. The summed E-state index contributed by atoms with van der Waals surface area (Å²) in [6.45, 7) is 4.34. The maximum atomic E-state index is 14.0. The third-order valence-corrected chi connectivity index (χ3v) is 7.70. The van der Waals surface area contributed by atoms with Gasteiger partial charge in [0, 0.05) is 42.8 Å². The van der Waals surface area contributed by atoms with Crippen molar-refractivity contribution in [2.75, 3.05) is 12.3 Å². The summed E-state index contributed by atoms with van der Waals surface area (Å²) < 4.78 is 18.9. The molecule has 5 rings (SSSR count). The quantitative estimate of drug-likeness (QED) is 0.312. The number of aromatic amines is 1. The van der Waals surface area contributed by atoms with E-state index in [0.29, 0.717) is 12.0 Å². The molecule has 172 valence electrons. The van der Waals surface area contributed by atoms with Crippen LogP contribution in [0.1, 0.15) is 31.7 Å². The van der Waals surface area contributed by atoms with E-state index in [2.05, 4.69) is 50.4 Å². The van der Waals surface area contributed by atoms with Gasteiger partial charge >= 0.3 is 0 Å². The Morgan fingerprint density at radius 2 is 2.09 bits per heavy atom. The maximum absolute atomic E-state index is 14.0. The van der Waals surface area contributed by atoms with Crippen LogP contribution >= 0.6 is 11.9 Å². The van der Waals surface area contributed by atoms with Gasteiger partial charge in [0.2, 0.25) is 0 Å². The summed E-state index contributed by atoms with van der Waals surface area (Å²) in [5.74, 6) is 1.43. The van der Waals surface area contributed by atoms with Crippen LogP contribution in [0.15, 0.2) is 61.1 Å². The standard InChI is InChI=1S/C26H30FN5S/c1-2-5-22-14-19(18-32(22)33-13-11-20-6-3-4-7-23(20)27)17-31-12-10-25-26(31)9-8-24(30-25)21-15-28-29-16-21/h3-4,6-10,12,15-16,19,22H,2,5,11,13-14,17-18H2,1H3,(H,28,29)/t19?,22-/m0/s1. The lowest BCUT2D eigenvalue weighted by Gasteiger charge is -2.22. The molecular formula is C26H30FN5S. The van der Waals surface area contributed by atoms with Crippen molar-refractivity contribution < 1.29 is 4.39 Å². The number of benzene rings is 1. The Bertz CT molecular complexity index is 1190. The molecule has 1 aliphatic heterocycles. The average Bonchev–Trinajstić information content (AvgIpc) is 3.57. The molecule has 1 saturated heterocycles. The van der Waals surface area contributed by atoms with Crippen molar-refractivity contribution in [1.29, 1.82) is 0 Å². The predicted molar refractivity (Wildman–Crippen MR) is 133 cm³/mol. The van der Waals surface area contributed by atoms with Gasteiger partial charge in [0.15, 0.2) is 0 Å². The normalized spacial score (nSPS) is 19.0. The topological polar surface area (TPSA) is 49.7 Å². The number of aromatic nitrogens is 4. The molecule has 2 atom stereocenters. The van der Waals surface area contributed by atoms with Crippen LogP contribution in [0.2, 0.25) is 0 Å². The van der Waals surface area contributed by atoms with E-state index >= 15 is 0 Å². The van der Waals surface area contributed by atoms with Crippen LogP contribution in [0.3, 0.4) is 0 Å². The molecule has 0 radical (unpaired) electrons. The van der Waals surface area contributed by atoms with Crippen LogP contribution in [0.4, 0.5) is 4.39 Å². The Balaban J connectivity index is 1.23. The second kappa shape index (κ2) is 10.1. The van der Waals surface area contributed by atoms with Crippen molar-refractivity contribution in [2.45, 2.75) is 45.2 Å². The van der Waals surface area contributed by atoms with E-state index in [1.54, 1.807) is 18.3 Å². The van der Waals surface area contributed by atoms with Crippen LogP contribution < -0.4 is 0 Å². The lowest BCUT2D eigenvalue weighted by molar-refractivity contribution is 0.407. The summed E-state index contributed by atoms with van der Waals surface area (Å²) in [6.07, 6.45) is 10.2. The number of rotatable bonds is 9. The average molecular weight is 464 g/mol. The number of fused-ring (bicyclic) bond motifs is 1. The van der Waals surface area contributed by atoms with Crippen molar-refractivity contribution in [3.63, 3.8) is 0 Å². The Hall–Kier alpha value is -2.64. The number of nitrogens with zero attached hydrogens (tertiary/aromatic N) is 4. The van der Waals surface area contributed by atoms with Gasteiger partial charge in [-0.1, -0.05) is 43.5 Å². The third kappa shape index (κ3) is 4.99. The number of nitrogens with one attached hydrogen (secondary N) is 1. The second-order valence-corrected chi connectivity index (χ2v) is 10.0. The highest BCUT2D eigenvalue weighted by Crippen LogP contribution is 2.34. The zero-order valence-corrected chi connectivity index (χ0v) is 19.8. The molecule has 33 heavy (non-hydrogen) atoms. The summed E-state index contributed by atoms with van der Waals surface area (Å²) in [6, 6.07) is 14.1. The van der Waals surface area contributed by atoms with E-state index in [1.165, 1.54) is 24.8 Å². The molecule has 5 nitrogen and oxygen atoms in total. The van der Waals surface area contributed by atoms with Gasteiger partial charge in [-0.3, -0.25) is 5.10 Å². The Morgan fingerprint density at radius 3 is 2.91 bits per heavy atom. The Morgan fingerprint density at radius 1 is 1.18 bits per heavy atom. The van der Waals surface area contributed by atoms with Gasteiger partial charge in [-0.05, 0) is 55.0 Å². The van der Waals surface area contributed by atoms with Crippen LogP contribution in [0.5, 0.6) is 0 Å². The Labute approximate surface area is 198 Å². The smallest absolute Gasteiger partial charge is 0.126 e. The molecule has 4 aromatic rings. The molecule has 0 bridgehead atoms. The monoisotopic (exact) mass is 463 g/mol. The second-order valence-electron chi connectivity index (χ2n) is 8.87. The number of hydrogen-bond acceptors (Lipinski definition) is 4. The molecule has 0 aliphatic carbocycles. The highest BCUT2D eigenvalue weighted by molar-refractivity contribution is 7.97. The van der Waals surface area contributed by atoms with Gasteiger partial charge in [0.05, 0.1) is 22.9 Å². The van der Waals surface area contributed by atoms with Gasteiger partial charge in [0.1, 0.15) is 5.82 Å². The predicted octanol–water partition coefficient (Wildman–Crippen LogP) is 5.95. The number of hydrogen-bond donors (Lipinski definition) is 1. The summed E-state index contributed by atoms with van der Waals surface area (Å²) in [5, 5.41) is 6.88. The van der Waals surface area contributed by atoms with E-state index in [4.69, 9.17) is 4.98 Å². The third-order valence-electron chi connectivity index (χ3n) is 6.53. The molecule has 1 unspecified atom stereocenters. The Kier molecular flexibility index (Phi) is 6.78. The highest BCUT2D eigenvalue weighted by Gasteiger charge is 2.32. The lowest BCUT2D eigenvalue weighted by atomic mass is 10.0. The minimum atomic E-state index is -0.0912. The van der Waals surface area contributed by atoms with Crippen molar-refractivity contribution in [2.24, 2.45) is 5.92 Å². The first-order valence-corrected chi connectivity index (χ1v) is 12.7. The van der Waals surface area contributed by atoms with Crippen molar-refractivity contribution in [1.82, 2.24) is 24.1 Å². The van der Waals surface area contributed by atoms with Gasteiger partial charge in [-0.25, -0.2) is 13.7 Å². The maximum Gasteiger partial charge on any atom is 0.126 e. The van der Waals surface area contributed by atoms with E-state index in [0.717, 1.165) is 47.6 Å². The van der Waals surface area contributed by atoms with E-state index in [1.807, 2.05) is 30.3 Å². The summed E-state index contributed by atoms with van der Waals surface area (Å²) >= 11 is 1.89. The molecule has 0 amide bonds. The first kappa shape index (κ1) is 22.2. The minimum Gasteiger partial charge on any atom is -0.346 e. The molecule has 3 aromatic heterocycles. The number of H-pyrrole nitrogens is 1. The molecule has 1 N–H and O–H groups in total. The fourth-order valence-electron chi connectivity index (χ4n) is 4.90. The largest absolute Gasteiger partial charge is 0.346 e. The number of pyridine rings is 1. The van der Waals surface area contributed by atoms with Gasteiger partial charge in [-0.2, -0.15) is 5.10 Å². The molecule has 0 saturated carbocycles. The zero-order chi connectivity index (χ0) is 22.6. The molecule has 1 fully saturated rings. The van der Waals surface area contributed by atoms with E-state index < -0.39 is 0 Å². The number of halogens is 1. The van der Waals surface area contributed by atoms with Crippen molar-refractivity contribution >= 4 is 23.0 Å². The van der Waals surface area contributed by atoms with E-state index in [-0.39, 0.29) is 5.82 Å². The zero-order valence-electron chi connectivity index (χ0n) is 19.0. The van der Waals surface area contributed by atoms with Crippen molar-refractivity contribution in [3.8, 4) is 11.3 Å². The molecule has 1 aromatic carbocycles. The van der Waals surface area contributed by atoms with Gasteiger partial charge in [0.25, 0.3) is 0 Å². The molecule has 7 heteroatoms. The molecule has 4 heterocycles. The first-order chi connectivity index (χ1) is 16.2. The molecule has 0 spiro atoms. The first-order valence-electron chi connectivity index (χ1n) is 11.8. The molecular weight excluding hydrogens is 433 g/mol. The van der Waals surface area contributed by atoms with Crippen LogP contribution in [-0.2, 0) is 13.0 Å². The van der Waals surface area contributed by atoms with Gasteiger partial charge in [-0.15, -0.1) is 0 Å². The summed E-state index contributed by atoms with van der Waals surface area (Å²) in [4.78, 5) is 4.82. The fourth-order valence-corrected chi connectivity index (χ4v) is 6.17. The van der Waals surface area contributed by atoms with Crippen molar-refractivity contribution in [3.05, 3.63) is 72.4 Å². The van der Waals surface area contributed by atoms with E-state index in [9.17, 15) is 4.39 Å². The fraction of sp³-hybridized carbons (Fsp3) is 0.385.